The molecule has 0 atom stereocenters. The molecule has 1 aliphatic carbocycles. The Balaban J connectivity index is 1.62. The van der Waals surface area contributed by atoms with Crippen molar-refractivity contribution in [2.45, 2.75) is 41.7 Å². The maximum Gasteiger partial charge on any atom is 0.198 e. The maximum absolute atomic E-state index is 4.60. The zero-order valence-corrected chi connectivity index (χ0v) is 13.6. The molecule has 0 spiro atoms. The van der Waals surface area contributed by atoms with E-state index in [-0.39, 0.29) is 0 Å². The predicted octanol–water partition coefficient (Wildman–Crippen LogP) is 3.24. The average Bonchev–Trinajstić information content (AvgIpc) is 3.17. The van der Waals surface area contributed by atoms with E-state index in [1.54, 1.807) is 12.4 Å². The van der Waals surface area contributed by atoms with Gasteiger partial charge >= 0.3 is 0 Å². The van der Waals surface area contributed by atoms with Crippen LogP contribution in [-0.2, 0) is 6.54 Å². The number of pyridine rings is 1. The number of rotatable bonds is 5. The van der Waals surface area contributed by atoms with Gasteiger partial charge in [0, 0.05) is 30.4 Å². The van der Waals surface area contributed by atoms with Crippen molar-refractivity contribution < 1.29 is 0 Å². The quantitative estimate of drug-likeness (QED) is 0.715. The first-order valence-corrected chi connectivity index (χ1v) is 8.79. The summed E-state index contributed by atoms with van der Waals surface area (Å²) in [7, 11) is 0. The lowest BCUT2D eigenvalue weighted by molar-refractivity contribution is 0.687. The highest BCUT2D eigenvalue weighted by Crippen LogP contribution is 2.40. The fourth-order valence-corrected chi connectivity index (χ4v) is 3.89. The Morgan fingerprint density at radius 3 is 3.00 bits per heavy atom. The summed E-state index contributed by atoms with van der Waals surface area (Å²) in [4.78, 5) is 8.75. The summed E-state index contributed by atoms with van der Waals surface area (Å²) in [5.74, 6) is 2.41. The maximum atomic E-state index is 4.60. The van der Waals surface area contributed by atoms with Gasteiger partial charge in [0.15, 0.2) is 15.3 Å². The van der Waals surface area contributed by atoms with Gasteiger partial charge in [-0.2, -0.15) is 4.37 Å². The zero-order valence-electron chi connectivity index (χ0n) is 12.0. The van der Waals surface area contributed by atoms with Gasteiger partial charge < -0.3 is 4.57 Å². The molecule has 0 aromatic carbocycles. The summed E-state index contributed by atoms with van der Waals surface area (Å²) in [6.07, 6.45) is 6.00. The van der Waals surface area contributed by atoms with Crippen LogP contribution in [0.4, 0.5) is 0 Å². The molecule has 6 nitrogen and oxygen atoms in total. The van der Waals surface area contributed by atoms with Crippen molar-refractivity contribution in [1.29, 1.82) is 0 Å². The molecule has 3 aromatic heterocycles. The van der Waals surface area contributed by atoms with Gasteiger partial charge in [-0.15, -0.1) is 10.2 Å². The molecular weight excluding hydrogens is 316 g/mol. The van der Waals surface area contributed by atoms with E-state index < -0.39 is 0 Å². The van der Waals surface area contributed by atoms with Crippen molar-refractivity contribution in [3.05, 3.63) is 30.4 Å². The van der Waals surface area contributed by atoms with Crippen molar-refractivity contribution in [2.24, 2.45) is 0 Å². The molecule has 112 valence electrons. The van der Waals surface area contributed by atoms with Crippen LogP contribution in [-0.4, -0.2) is 29.1 Å². The Labute approximate surface area is 136 Å². The number of hydrogen-bond donors (Lipinski definition) is 0. The van der Waals surface area contributed by atoms with Gasteiger partial charge in [0.1, 0.15) is 5.82 Å². The topological polar surface area (TPSA) is 69.4 Å². The van der Waals surface area contributed by atoms with Gasteiger partial charge in [-0.3, -0.25) is 4.98 Å². The Kier molecular flexibility index (Phi) is 3.63. The van der Waals surface area contributed by atoms with E-state index >= 15 is 0 Å². The number of hydrogen-bond acceptors (Lipinski definition) is 7. The largest absolute Gasteiger partial charge is 0.302 e. The van der Waals surface area contributed by atoms with Crippen LogP contribution in [0.25, 0.3) is 11.4 Å². The van der Waals surface area contributed by atoms with Crippen LogP contribution in [0.2, 0.25) is 0 Å². The van der Waals surface area contributed by atoms with Crippen LogP contribution in [0.15, 0.2) is 34.0 Å². The number of aromatic nitrogens is 6. The second kappa shape index (κ2) is 5.77. The van der Waals surface area contributed by atoms with Gasteiger partial charge in [-0.1, -0.05) is 0 Å². The standard InChI is InChI=1S/C14H14N6S2/c1-2-20-12(10-4-3-7-15-8-10)17-18-13(20)21-14-16-11(19-22-14)9-5-6-9/h3-4,7-9H,2,5-6H2,1H3. The first-order valence-electron chi connectivity index (χ1n) is 7.20. The van der Waals surface area contributed by atoms with Gasteiger partial charge in [-0.25, -0.2) is 4.98 Å². The number of nitrogens with zero attached hydrogens (tertiary/aromatic N) is 6. The fourth-order valence-electron chi connectivity index (χ4n) is 2.20. The van der Waals surface area contributed by atoms with Crippen molar-refractivity contribution in [3.63, 3.8) is 0 Å². The molecule has 0 bridgehead atoms. The molecule has 8 heteroatoms. The highest BCUT2D eigenvalue weighted by atomic mass is 32.2. The molecule has 0 aliphatic heterocycles. The average molecular weight is 330 g/mol. The van der Waals surface area contributed by atoms with Gasteiger partial charge in [0.05, 0.1) is 0 Å². The highest BCUT2D eigenvalue weighted by Gasteiger charge is 2.28. The Hall–Kier alpha value is -1.80. The van der Waals surface area contributed by atoms with Gasteiger partial charge in [0.2, 0.25) is 0 Å². The van der Waals surface area contributed by atoms with Crippen molar-refractivity contribution in [3.8, 4) is 11.4 Å². The summed E-state index contributed by atoms with van der Waals surface area (Å²) in [5.41, 5.74) is 0.972. The Bertz CT molecular complexity index is 778. The molecule has 0 amide bonds. The summed E-state index contributed by atoms with van der Waals surface area (Å²) in [5, 5.41) is 9.48. The molecule has 3 heterocycles. The first kappa shape index (κ1) is 13.8. The van der Waals surface area contributed by atoms with Crippen LogP contribution in [0.1, 0.15) is 31.5 Å². The highest BCUT2D eigenvalue weighted by molar-refractivity contribution is 8.00. The predicted molar refractivity (Wildman–Crippen MR) is 84.9 cm³/mol. The molecule has 3 aromatic rings. The summed E-state index contributed by atoms with van der Waals surface area (Å²) < 4.78 is 7.45. The minimum atomic E-state index is 0.584. The van der Waals surface area contributed by atoms with E-state index in [1.165, 1.54) is 36.1 Å². The Morgan fingerprint density at radius 2 is 2.27 bits per heavy atom. The molecule has 0 saturated heterocycles. The van der Waals surface area contributed by atoms with Crippen LogP contribution >= 0.6 is 23.3 Å². The molecule has 0 radical (unpaired) electrons. The first-order chi connectivity index (χ1) is 10.8. The van der Waals surface area contributed by atoms with Crippen LogP contribution in [0.5, 0.6) is 0 Å². The summed E-state index contributed by atoms with van der Waals surface area (Å²) in [6, 6.07) is 3.90. The molecule has 1 saturated carbocycles. The van der Waals surface area contributed by atoms with E-state index in [9.17, 15) is 0 Å². The second-order valence-corrected chi connectivity index (χ2v) is 7.05. The molecule has 0 N–H and O–H groups in total. The third-order valence-corrected chi connectivity index (χ3v) is 5.25. The summed E-state index contributed by atoms with van der Waals surface area (Å²) in [6.45, 7) is 2.89. The SMILES string of the molecule is CCn1c(Sc2nc(C3CC3)ns2)nnc1-c1cccnc1. The van der Waals surface area contributed by atoms with E-state index in [4.69, 9.17) is 0 Å². The van der Waals surface area contributed by atoms with E-state index in [0.717, 1.165) is 33.3 Å². The third-order valence-electron chi connectivity index (χ3n) is 3.50. The molecule has 4 rings (SSSR count). The minimum absolute atomic E-state index is 0.584. The van der Waals surface area contributed by atoms with E-state index in [2.05, 4.69) is 36.0 Å². The summed E-state index contributed by atoms with van der Waals surface area (Å²) >= 11 is 2.98. The molecule has 0 unspecified atom stereocenters. The smallest absolute Gasteiger partial charge is 0.198 e. The van der Waals surface area contributed by atoms with Crippen molar-refractivity contribution >= 4 is 23.3 Å². The van der Waals surface area contributed by atoms with E-state index in [0.29, 0.717) is 5.92 Å². The lowest BCUT2D eigenvalue weighted by atomic mass is 10.3. The van der Waals surface area contributed by atoms with Gasteiger partial charge in [0.25, 0.3) is 0 Å². The molecule has 1 aliphatic rings. The lowest BCUT2D eigenvalue weighted by Crippen LogP contribution is -1.99. The van der Waals surface area contributed by atoms with Crippen molar-refractivity contribution in [1.82, 2.24) is 29.1 Å². The van der Waals surface area contributed by atoms with Crippen LogP contribution in [0, 0.1) is 0 Å². The van der Waals surface area contributed by atoms with Crippen LogP contribution < -0.4 is 0 Å². The normalized spacial score (nSPS) is 14.4. The Morgan fingerprint density at radius 1 is 1.36 bits per heavy atom. The van der Waals surface area contributed by atoms with Crippen LogP contribution in [0.3, 0.4) is 0 Å². The minimum Gasteiger partial charge on any atom is -0.302 e. The monoisotopic (exact) mass is 330 g/mol. The fraction of sp³-hybridized carbons (Fsp3) is 0.357. The van der Waals surface area contributed by atoms with Crippen molar-refractivity contribution in [2.75, 3.05) is 0 Å². The molecule has 22 heavy (non-hydrogen) atoms. The molecular formula is C14H14N6S2. The van der Waals surface area contributed by atoms with Gasteiger partial charge in [-0.05, 0) is 55.2 Å². The van der Waals surface area contributed by atoms with E-state index in [1.807, 2.05) is 12.1 Å². The zero-order chi connectivity index (χ0) is 14.9. The lowest BCUT2D eigenvalue weighted by Gasteiger charge is -2.05. The molecule has 1 fully saturated rings. The third kappa shape index (κ3) is 2.64. The second-order valence-electron chi connectivity index (χ2n) is 5.09.